The summed E-state index contributed by atoms with van der Waals surface area (Å²) in [6.45, 7) is 3.01. The Hall–Kier alpha value is -1.81. The lowest BCUT2D eigenvalue weighted by molar-refractivity contribution is -0.108. The number of carbonyl (C=O) groups excluding carboxylic acids is 1. The Morgan fingerprint density at radius 1 is 1.22 bits per heavy atom. The van der Waals surface area contributed by atoms with Crippen molar-refractivity contribution in [2.75, 3.05) is 13.1 Å². The Labute approximate surface area is 163 Å². The molecule has 1 saturated heterocycles. The molecule has 4 N–H and O–H groups in total. The summed E-state index contributed by atoms with van der Waals surface area (Å²) in [4.78, 5) is 14.3. The average Bonchev–Trinajstić information content (AvgIpc) is 3.17. The Balaban J connectivity index is 2.20. The van der Waals surface area contributed by atoms with Crippen LogP contribution in [-0.4, -0.2) is 36.3 Å². The van der Waals surface area contributed by atoms with E-state index in [1.54, 1.807) is 30.3 Å². The fourth-order valence-corrected chi connectivity index (χ4v) is 4.44. The van der Waals surface area contributed by atoms with Crippen molar-refractivity contribution in [1.29, 1.82) is 0 Å². The quantitative estimate of drug-likeness (QED) is 0.713. The van der Waals surface area contributed by atoms with Crippen LogP contribution < -0.4 is 15.0 Å². The van der Waals surface area contributed by atoms with Crippen LogP contribution in [-0.2, 0) is 14.8 Å². The van der Waals surface area contributed by atoms with E-state index >= 15 is 0 Å². The SMILES string of the molecule is CC1(S(N)(=O)=O)CC(C(=O)SN)=CC(N2CCCC2)=C1Oc1ccccc1. The van der Waals surface area contributed by atoms with Gasteiger partial charge in [0.25, 0.3) is 0 Å². The number of hydrogen-bond donors (Lipinski definition) is 2. The van der Waals surface area contributed by atoms with E-state index in [0.29, 0.717) is 29.0 Å². The molecule has 0 bridgehead atoms. The number of ether oxygens (including phenoxy) is 1. The number of allylic oxidation sites excluding steroid dienone is 1. The normalized spacial score (nSPS) is 23.4. The van der Waals surface area contributed by atoms with Gasteiger partial charge in [-0.2, -0.15) is 0 Å². The Bertz CT molecular complexity index is 890. The molecule has 1 aliphatic heterocycles. The lowest BCUT2D eigenvalue weighted by atomic mass is 9.91. The molecule has 0 aromatic heterocycles. The molecule has 3 rings (SSSR count). The minimum atomic E-state index is -4.08. The topological polar surface area (TPSA) is 116 Å². The van der Waals surface area contributed by atoms with Crippen molar-refractivity contribution in [3.63, 3.8) is 0 Å². The largest absolute Gasteiger partial charge is 0.458 e. The molecule has 0 saturated carbocycles. The molecule has 1 atom stereocenters. The fraction of sp³-hybridized carbons (Fsp3) is 0.389. The molecule has 9 heteroatoms. The maximum absolute atomic E-state index is 12.6. The predicted molar refractivity (Wildman–Crippen MR) is 106 cm³/mol. The second kappa shape index (κ2) is 7.67. The van der Waals surface area contributed by atoms with Crippen molar-refractivity contribution in [3.05, 3.63) is 53.4 Å². The van der Waals surface area contributed by atoms with Crippen molar-refractivity contribution in [3.8, 4) is 5.75 Å². The molecule has 0 amide bonds. The first-order valence-electron chi connectivity index (χ1n) is 8.63. The highest BCUT2D eigenvalue weighted by atomic mass is 32.2. The van der Waals surface area contributed by atoms with Crippen LogP contribution in [0.5, 0.6) is 5.75 Å². The van der Waals surface area contributed by atoms with Crippen molar-refractivity contribution in [1.82, 2.24) is 4.90 Å². The van der Waals surface area contributed by atoms with Gasteiger partial charge >= 0.3 is 0 Å². The van der Waals surface area contributed by atoms with Crippen LogP contribution in [0.4, 0.5) is 0 Å². The standard InChI is InChI=1S/C18H23N3O4S2/c1-18(27(20,23)24)12-13(17(22)26-19)11-15(21-9-5-6-10-21)16(18)25-14-7-3-2-4-8-14/h2-4,7-8,11H,5-6,9-10,12,19H2,1H3,(H2,20,23,24). The molecule has 1 heterocycles. The summed E-state index contributed by atoms with van der Waals surface area (Å²) in [6.07, 6.45) is 3.57. The van der Waals surface area contributed by atoms with E-state index in [4.69, 9.17) is 15.0 Å². The molecule has 1 unspecified atom stereocenters. The van der Waals surface area contributed by atoms with Gasteiger partial charge in [0.15, 0.2) is 0 Å². The zero-order valence-corrected chi connectivity index (χ0v) is 16.7. The van der Waals surface area contributed by atoms with Gasteiger partial charge in [-0.25, -0.2) is 13.6 Å². The average molecular weight is 410 g/mol. The lowest BCUT2D eigenvalue weighted by Crippen LogP contribution is -2.48. The number of hydrogen-bond acceptors (Lipinski definition) is 7. The third-order valence-corrected chi connectivity index (χ3v) is 7.02. The van der Waals surface area contributed by atoms with E-state index in [1.165, 1.54) is 6.92 Å². The fourth-order valence-electron chi connectivity index (χ4n) is 3.39. The Morgan fingerprint density at radius 3 is 2.41 bits per heavy atom. The van der Waals surface area contributed by atoms with Gasteiger partial charge in [-0.1, -0.05) is 18.2 Å². The number of likely N-dealkylation sites (tertiary alicyclic amines) is 1. The maximum Gasteiger partial charge on any atom is 0.230 e. The Morgan fingerprint density at radius 2 is 1.85 bits per heavy atom. The highest BCUT2D eigenvalue weighted by Crippen LogP contribution is 2.41. The number of nitrogens with two attached hydrogens (primary N) is 2. The van der Waals surface area contributed by atoms with Crippen molar-refractivity contribution >= 4 is 27.1 Å². The van der Waals surface area contributed by atoms with Gasteiger partial charge in [0.1, 0.15) is 16.3 Å². The summed E-state index contributed by atoms with van der Waals surface area (Å²) < 4.78 is 29.7. The molecule has 2 aliphatic rings. The number of benzene rings is 1. The van der Waals surface area contributed by atoms with Gasteiger partial charge in [-0.15, -0.1) is 0 Å². The summed E-state index contributed by atoms with van der Waals surface area (Å²) in [5.74, 6) is 0.757. The van der Waals surface area contributed by atoms with Gasteiger partial charge in [0, 0.05) is 25.1 Å². The molecule has 7 nitrogen and oxygen atoms in total. The highest BCUT2D eigenvalue weighted by molar-refractivity contribution is 8.12. The third kappa shape index (κ3) is 3.91. The van der Waals surface area contributed by atoms with Crippen LogP contribution in [0, 0.1) is 0 Å². The minimum absolute atomic E-state index is 0.0889. The van der Waals surface area contributed by atoms with Crippen molar-refractivity contribution in [2.45, 2.75) is 30.9 Å². The van der Waals surface area contributed by atoms with Crippen LogP contribution in [0.2, 0.25) is 0 Å². The molecule has 0 radical (unpaired) electrons. The summed E-state index contributed by atoms with van der Waals surface area (Å²) in [5.41, 5.74) is 0.901. The monoisotopic (exact) mass is 409 g/mol. The maximum atomic E-state index is 12.6. The summed E-state index contributed by atoms with van der Waals surface area (Å²) >= 11 is 0.568. The summed E-state index contributed by atoms with van der Waals surface area (Å²) in [6, 6.07) is 8.95. The molecule has 1 fully saturated rings. The van der Waals surface area contributed by atoms with E-state index in [-0.39, 0.29) is 17.3 Å². The van der Waals surface area contributed by atoms with Crippen LogP contribution in [0.25, 0.3) is 0 Å². The first-order chi connectivity index (χ1) is 12.8. The third-order valence-electron chi connectivity index (χ3n) is 4.96. The van der Waals surface area contributed by atoms with Crippen LogP contribution >= 0.6 is 11.9 Å². The zero-order valence-electron chi connectivity index (χ0n) is 15.1. The number of rotatable bonds is 5. The van der Waals surface area contributed by atoms with E-state index in [0.717, 1.165) is 25.9 Å². The van der Waals surface area contributed by atoms with Crippen molar-refractivity contribution < 1.29 is 17.9 Å². The van der Waals surface area contributed by atoms with E-state index in [9.17, 15) is 13.2 Å². The van der Waals surface area contributed by atoms with Gasteiger partial charge in [-0.05, 0) is 49.9 Å². The number of sulfonamides is 1. The molecular formula is C18H23N3O4S2. The highest BCUT2D eigenvalue weighted by Gasteiger charge is 2.48. The molecule has 1 aromatic carbocycles. The number of nitrogens with zero attached hydrogens (tertiary/aromatic N) is 1. The van der Waals surface area contributed by atoms with E-state index < -0.39 is 14.8 Å². The summed E-state index contributed by atoms with van der Waals surface area (Å²) in [5, 5.41) is 10.7. The molecule has 1 aromatic rings. The smallest absolute Gasteiger partial charge is 0.230 e. The molecule has 0 spiro atoms. The second-order valence-corrected chi connectivity index (χ2v) is 9.45. The summed E-state index contributed by atoms with van der Waals surface area (Å²) in [7, 11) is -4.08. The first kappa shape index (κ1) is 19.9. The minimum Gasteiger partial charge on any atom is -0.458 e. The van der Waals surface area contributed by atoms with Crippen molar-refractivity contribution in [2.24, 2.45) is 10.3 Å². The zero-order chi connectivity index (χ0) is 19.7. The predicted octanol–water partition coefficient (Wildman–Crippen LogP) is 1.88. The molecule has 1 aliphatic carbocycles. The number of primary sulfonamides is 1. The van der Waals surface area contributed by atoms with E-state index in [2.05, 4.69) is 0 Å². The molecular weight excluding hydrogens is 386 g/mol. The van der Waals surface area contributed by atoms with Gasteiger partial charge in [-0.3, -0.25) is 9.93 Å². The number of para-hydroxylation sites is 1. The number of carbonyl (C=O) groups is 1. The second-order valence-electron chi connectivity index (χ2n) is 6.85. The van der Waals surface area contributed by atoms with Gasteiger partial charge < -0.3 is 9.64 Å². The van der Waals surface area contributed by atoms with Crippen LogP contribution in [0.1, 0.15) is 26.2 Å². The van der Waals surface area contributed by atoms with Crippen LogP contribution in [0.15, 0.2) is 53.4 Å². The first-order valence-corrected chi connectivity index (χ1v) is 11.1. The van der Waals surface area contributed by atoms with Crippen LogP contribution in [0.3, 0.4) is 0 Å². The Kier molecular flexibility index (Phi) is 5.66. The van der Waals surface area contributed by atoms with Gasteiger partial charge in [0.2, 0.25) is 15.1 Å². The van der Waals surface area contributed by atoms with E-state index in [1.807, 2.05) is 11.0 Å². The molecule has 27 heavy (non-hydrogen) atoms. The lowest BCUT2D eigenvalue weighted by Gasteiger charge is -2.37. The molecule has 146 valence electrons. The van der Waals surface area contributed by atoms with Gasteiger partial charge in [0.05, 0.1) is 5.70 Å².